The van der Waals surface area contributed by atoms with Crippen LogP contribution in [0.4, 0.5) is 5.69 Å². The van der Waals surface area contributed by atoms with Crippen LogP contribution < -0.4 is 4.90 Å². The van der Waals surface area contributed by atoms with Crippen LogP contribution in [0.3, 0.4) is 0 Å². The molecular weight excluding hydrogens is 358 g/mol. The molecule has 0 atom stereocenters. The molecule has 0 unspecified atom stereocenters. The van der Waals surface area contributed by atoms with Crippen molar-refractivity contribution in [3.05, 3.63) is 78.2 Å². The van der Waals surface area contributed by atoms with E-state index in [2.05, 4.69) is 0 Å². The van der Waals surface area contributed by atoms with Crippen molar-refractivity contribution in [3.63, 3.8) is 0 Å². The normalized spacial score (nSPS) is 13.9. The maximum atomic E-state index is 12.7. The molecule has 1 aliphatic rings. The summed E-state index contributed by atoms with van der Waals surface area (Å²) < 4.78 is 15.8. The number of nitrogens with zero attached hydrogens (tertiary/aromatic N) is 1. The zero-order chi connectivity index (χ0) is 19.7. The Morgan fingerprint density at radius 1 is 0.893 bits per heavy atom. The Labute approximate surface area is 160 Å². The summed E-state index contributed by atoms with van der Waals surface area (Å²) >= 11 is 0. The molecule has 140 valence electrons. The van der Waals surface area contributed by atoms with Gasteiger partial charge in [0.1, 0.15) is 16.9 Å². The molecular formula is C22H17NO5. The molecule has 0 radical (unpaired) electrons. The summed E-state index contributed by atoms with van der Waals surface area (Å²) in [6, 6.07) is 13.2. The molecule has 1 aromatic heterocycles. The van der Waals surface area contributed by atoms with Crippen LogP contribution in [0.1, 0.15) is 0 Å². The van der Waals surface area contributed by atoms with Crippen LogP contribution in [0.5, 0.6) is 0 Å². The van der Waals surface area contributed by atoms with E-state index in [0.29, 0.717) is 11.3 Å². The molecule has 28 heavy (non-hydrogen) atoms. The van der Waals surface area contributed by atoms with Crippen LogP contribution >= 0.6 is 0 Å². The van der Waals surface area contributed by atoms with Crippen molar-refractivity contribution in [2.75, 3.05) is 19.1 Å². The van der Waals surface area contributed by atoms with E-state index in [-0.39, 0.29) is 11.3 Å². The van der Waals surface area contributed by atoms with E-state index in [9.17, 15) is 9.59 Å². The fraction of sp³-hybridized carbons (Fsp3) is 0.0909. The minimum absolute atomic E-state index is 0.0668. The smallest absolute Gasteiger partial charge is 0.355 e. The number of para-hydroxylation sites is 1. The lowest BCUT2D eigenvalue weighted by atomic mass is 10.1. The van der Waals surface area contributed by atoms with Gasteiger partial charge in [-0.25, -0.2) is 9.59 Å². The van der Waals surface area contributed by atoms with Crippen molar-refractivity contribution in [3.8, 4) is 0 Å². The topological polar surface area (TPSA) is 69.0 Å². The highest BCUT2D eigenvalue weighted by Crippen LogP contribution is 2.38. The molecule has 0 fully saturated rings. The van der Waals surface area contributed by atoms with E-state index >= 15 is 0 Å². The molecule has 6 nitrogen and oxygen atoms in total. The Hall–Kier alpha value is -3.80. The molecule has 0 amide bonds. The first-order valence-electron chi connectivity index (χ1n) is 8.61. The number of fused-ring (bicyclic) bond motifs is 3. The SMILES string of the molecule is COC(=O)C1=C(C(=O)OC)N(c2cccc3oc4ccccc4c23)C=CC=C1. The van der Waals surface area contributed by atoms with Gasteiger partial charge in [-0.1, -0.05) is 30.3 Å². The van der Waals surface area contributed by atoms with E-state index in [0.717, 1.165) is 16.4 Å². The van der Waals surface area contributed by atoms with Gasteiger partial charge in [0.05, 0.1) is 30.9 Å². The third-order valence-corrected chi connectivity index (χ3v) is 4.53. The van der Waals surface area contributed by atoms with E-state index in [4.69, 9.17) is 13.9 Å². The number of hydrogen-bond acceptors (Lipinski definition) is 6. The fourth-order valence-electron chi connectivity index (χ4n) is 3.31. The van der Waals surface area contributed by atoms with E-state index in [1.165, 1.54) is 20.3 Å². The standard InChI is InChI=1S/C22H17NO5/c1-26-21(24)15-9-5-6-13-23(20(15)22(25)27-2)16-10-7-12-18-19(16)14-8-3-4-11-17(14)28-18/h3-13H,1-2H3. The van der Waals surface area contributed by atoms with Crippen molar-refractivity contribution in [1.29, 1.82) is 0 Å². The van der Waals surface area contributed by atoms with E-state index in [1.54, 1.807) is 23.3 Å². The van der Waals surface area contributed by atoms with Gasteiger partial charge in [-0.05, 0) is 30.4 Å². The monoisotopic (exact) mass is 375 g/mol. The second-order valence-electron chi connectivity index (χ2n) is 6.06. The first-order valence-corrected chi connectivity index (χ1v) is 8.61. The maximum absolute atomic E-state index is 12.7. The van der Waals surface area contributed by atoms with Crippen LogP contribution in [-0.2, 0) is 19.1 Å². The number of ether oxygens (including phenoxy) is 2. The van der Waals surface area contributed by atoms with Crippen LogP contribution in [0.15, 0.2) is 82.6 Å². The number of carbonyl (C=O) groups is 2. The van der Waals surface area contributed by atoms with Crippen LogP contribution in [0.2, 0.25) is 0 Å². The van der Waals surface area contributed by atoms with Crippen LogP contribution in [0.25, 0.3) is 21.9 Å². The first kappa shape index (κ1) is 17.6. The number of rotatable bonds is 3. The van der Waals surface area contributed by atoms with Gasteiger partial charge in [0.25, 0.3) is 0 Å². The lowest BCUT2D eigenvalue weighted by Crippen LogP contribution is -2.27. The lowest BCUT2D eigenvalue weighted by molar-refractivity contribution is -0.139. The number of esters is 2. The molecule has 6 heteroatoms. The summed E-state index contributed by atoms with van der Waals surface area (Å²) in [5.41, 5.74) is 2.26. The lowest BCUT2D eigenvalue weighted by Gasteiger charge is -2.23. The second kappa shape index (κ2) is 7.08. The number of anilines is 1. The third kappa shape index (κ3) is 2.75. The average Bonchev–Trinajstić information content (AvgIpc) is 2.97. The Morgan fingerprint density at radius 2 is 1.64 bits per heavy atom. The van der Waals surface area contributed by atoms with Crippen molar-refractivity contribution in [2.24, 2.45) is 0 Å². The summed E-state index contributed by atoms with van der Waals surface area (Å²) in [6.07, 6.45) is 6.64. The van der Waals surface area contributed by atoms with Gasteiger partial charge < -0.3 is 18.8 Å². The zero-order valence-electron chi connectivity index (χ0n) is 15.3. The van der Waals surface area contributed by atoms with E-state index in [1.807, 2.05) is 42.5 Å². The number of benzene rings is 2. The second-order valence-corrected chi connectivity index (χ2v) is 6.06. The summed E-state index contributed by atoms with van der Waals surface area (Å²) in [6.45, 7) is 0. The summed E-state index contributed by atoms with van der Waals surface area (Å²) in [5.74, 6) is -1.28. The van der Waals surface area contributed by atoms with Crippen molar-refractivity contribution in [2.45, 2.75) is 0 Å². The molecule has 0 saturated carbocycles. The summed E-state index contributed by atoms with van der Waals surface area (Å²) in [7, 11) is 2.54. The minimum atomic E-state index is -0.651. The molecule has 0 N–H and O–H groups in total. The number of carbonyl (C=O) groups excluding carboxylic acids is 2. The Bertz CT molecular complexity index is 1180. The van der Waals surface area contributed by atoms with Gasteiger partial charge >= 0.3 is 11.9 Å². The van der Waals surface area contributed by atoms with Gasteiger partial charge in [-0.15, -0.1) is 0 Å². The molecule has 2 heterocycles. The molecule has 0 aliphatic carbocycles. The number of furan rings is 1. The quantitative estimate of drug-likeness (QED) is 0.643. The van der Waals surface area contributed by atoms with Gasteiger partial charge in [0.2, 0.25) is 0 Å². The van der Waals surface area contributed by atoms with Gasteiger partial charge in [0, 0.05) is 11.6 Å². The Balaban J connectivity index is 2.04. The highest BCUT2D eigenvalue weighted by atomic mass is 16.5. The summed E-state index contributed by atoms with van der Waals surface area (Å²) in [4.78, 5) is 26.6. The maximum Gasteiger partial charge on any atom is 0.355 e. The predicted molar refractivity (Wildman–Crippen MR) is 106 cm³/mol. The molecule has 0 saturated heterocycles. The molecule has 0 bridgehead atoms. The highest BCUT2D eigenvalue weighted by molar-refractivity contribution is 6.14. The predicted octanol–water partition coefficient (Wildman–Crippen LogP) is 4.08. The molecule has 2 aromatic carbocycles. The fourth-order valence-corrected chi connectivity index (χ4v) is 3.31. The van der Waals surface area contributed by atoms with Crippen molar-refractivity contribution >= 4 is 39.6 Å². The summed E-state index contributed by atoms with van der Waals surface area (Å²) in [5, 5.41) is 1.73. The van der Waals surface area contributed by atoms with E-state index < -0.39 is 11.9 Å². The molecule has 3 aromatic rings. The van der Waals surface area contributed by atoms with Crippen molar-refractivity contribution < 1.29 is 23.5 Å². The first-order chi connectivity index (χ1) is 13.7. The van der Waals surface area contributed by atoms with Gasteiger partial charge in [-0.3, -0.25) is 0 Å². The number of methoxy groups -OCH3 is 2. The Kier molecular flexibility index (Phi) is 4.45. The van der Waals surface area contributed by atoms with Gasteiger partial charge in [0.15, 0.2) is 0 Å². The molecule has 0 spiro atoms. The average molecular weight is 375 g/mol. The Morgan fingerprint density at radius 3 is 2.43 bits per heavy atom. The van der Waals surface area contributed by atoms with Crippen LogP contribution in [0, 0.1) is 0 Å². The largest absolute Gasteiger partial charge is 0.465 e. The third-order valence-electron chi connectivity index (χ3n) is 4.53. The van der Waals surface area contributed by atoms with Crippen LogP contribution in [-0.4, -0.2) is 26.2 Å². The number of allylic oxidation sites excluding steroid dienone is 2. The zero-order valence-corrected chi connectivity index (χ0v) is 15.3. The van der Waals surface area contributed by atoms with Crippen molar-refractivity contribution in [1.82, 2.24) is 0 Å². The molecule has 1 aliphatic heterocycles. The minimum Gasteiger partial charge on any atom is -0.465 e. The molecule has 4 rings (SSSR count). The van der Waals surface area contributed by atoms with Gasteiger partial charge in [-0.2, -0.15) is 0 Å². The number of hydrogen-bond donors (Lipinski definition) is 0. The highest BCUT2D eigenvalue weighted by Gasteiger charge is 2.29.